The molecule has 1 aromatic carbocycles. The number of benzene rings is 1. The van der Waals surface area contributed by atoms with Gasteiger partial charge in [-0.15, -0.1) is 0 Å². The molecule has 7 heteroatoms. The Kier molecular flexibility index (Phi) is 4.69. The van der Waals surface area contributed by atoms with Crippen LogP contribution in [0.1, 0.15) is 19.8 Å². The maximum atomic E-state index is 13.9. The molecule has 1 heterocycles. The largest absolute Gasteiger partial charge is 0.393 e. The molecule has 0 spiro atoms. The summed E-state index contributed by atoms with van der Waals surface area (Å²) in [5, 5.41) is 9.31. The van der Waals surface area contributed by atoms with E-state index in [0.29, 0.717) is 12.8 Å². The summed E-state index contributed by atoms with van der Waals surface area (Å²) >= 11 is 5.63. The van der Waals surface area contributed by atoms with Crippen molar-refractivity contribution in [1.82, 2.24) is 4.31 Å². The molecule has 1 saturated heterocycles. The summed E-state index contributed by atoms with van der Waals surface area (Å²) in [5.74, 6) is -0.822. The molecule has 0 saturated carbocycles. The molecule has 1 aromatic rings. The van der Waals surface area contributed by atoms with Crippen LogP contribution in [0.2, 0.25) is 5.02 Å². The molecular formula is C13H17ClFNO3S. The number of aliphatic hydroxyl groups is 1. The zero-order valence-corrected chi connectivity index (χ0v) is 12.7. The van der Waals surface area contributed by atoms with Crippen molar-refractivity contribution < 1.29 is 17.9 Å². The van der Waals surface area contributed by atoms with Crippen LogP contribution >= 0.6 is 11.6 Å². The van der Waals surface area contributed by atoms with Gasteiger partial charge < -0.3 is 5.11 Å². The number of sulfonamides is 1. The van der Waals surface area contributed by atoms with E-state index in [2.05, 4.69) is 0 Å². The minimum atomic E-state index is -3.87. The van der Waals surface area contributed by atoms with E-state index in [0.717, 1.165) is 0 Å². The molecule has 4 nitrogen and oxygen atoms in total. The number of piperidine rings is 1. The minimum Gasteiger partial charge on any atom is -0.393 e. The topological polar surface area (TPSA) is 57.6 Å². The third kappa shape index (κ3) is 2.98. The van der Waals surface area contributed by atoms with Crippen molar-refractivity contribution in [2.24, 2.45) is 5.92 Å². The highest BCUT2D eigenvalue weighted by Crippen LogP contribution is 2.28. The van der Waals surface area contributed by atoms with Crippen LogP contribution in [0, 0.1) is 11.7 Å². The van der Waals surface area contributed by atoms with Gasteiger partial charge in [-0.3, -0.25) is 0 Å². The fourth-order valence-electron chi connectivity index (χ4n) is 2.42. The Bertz CT molecular complexity index is 583. The summed E-state index contributed by atoms with van der Waals surface area (Å²) < 4.78 is 39.9. The first-order valence-electron chi connectivity index (χ1n) is 6.46. The van der Waals surface area contributed by atoms with Crippen molar-refractivity contribution in [3.05, 3.63) is 29.0 Å². The lowest BCUT2D eigenvalue weighted by Gasteiger charge is -2.32. The standard InChI is InChI=1S/C13H17ClFNO3S/c1-9(17)10-5-7-16(8-6-10)20(18,19)12-4-2-3-11(14)13(12)15/h2-4,9-10,17H,5-8H2,1H3. The molecule has 0 bridgehead atoms. The summed E-state index contributed by atoms with van der Waals surface area (Å²) in [5.41, 5.74) is 0. The van der Waals surface area contributed by atoms with Crippen LogP contribution in [0.4, 0.5) is 4.39 Å². The molecular weight excluding hydrogens is 305 g/mol. The summed E-state index contributed by atoms with van der Waals surface area (Å²) in [6.07, 6.45) is 0.681. The fraction of sp³-hybridized carbons (Fsp3) is 0.538. The second-order valence-electron chi connectivity index (χ2n) is 5.03. The van der Waals surface area contributed by atoms with Crippen molar-refractivity contribution in [3.8, 4) is 0 Å². The maximum absolute atomic E-state index is 13.9. The predicted molar refractivity (Wildman–Crippen MR) is 74.6 cm³/mol. The van der Waals surface area contributed by atoms with Crippen LogP contribution in [0.3, 0.4) is 0 Å². The van der Waals surface area contributed by atoms with Gasteiger partial charge in [-0.2, -0.15) is 4.31 Å². The normalized spacial score (nSPS) is 20.0. The van der Waals surface area contributed by atoms with Gasteiger partial charge in [0.2, 0.25) is 10.0 Å². The first kappa shape index (κ1) is 15.7. The average Bonchev–Trinajstić information content (AvgIpc) is 2.41. The van der Waals surface area contributed by atoms with E-state index in [9.17, 15) is 17.9 Å². The summed E-state index contributed by atoms with van der Waals surface area (Å²) in [6, 6.07) is 3.95. The van der Waals surface area contributed by atoms with Crippen molar-refractivity contribution >= 4 is 21.6 Å². The number of hydrogen-bond donors (Lipinski definition) is 1. The number of nitrogens with zero attached hydrogens (tertiary/aromatic N) is 1. The molecule has 2 rings (SSSR count). The van der Waals surface area contributed by atoms with Gasteiger partial charge in [-0.25, -0.2) is 12.8 Å². The van der Waals surface area contributed by atoms with Gasteiger partial charge in [0.05, 0.1) is 11.1 Å². The van der Waals surface area contributed by atoms with E-state index in [1.54, 1.807) is 6.92 Å². The molecule has 20 heavy (non-hydrogen) atoms. The van der Waals surface area contributed by atoms with Crippen molar-refractivity contribution in [1.29, 1.82) is 0 Å². The zero-order valence-electron chi connectivity index (χ0n) is 11.1. The first-order valence-corrected chi connectivity index (χ1v) is 8.28. The van der Waals surface area contributed by atoms with E-state index in [1.165, 1.54) is 22.5 Å². The van der Waals surface area contributed by atoms with E-state index >= 15 is 0 Å². The maximum Gasteiger partial charge on any atom is 0.246 e. The van der Waals surface area contributed by atoms with Crippen LogP contribution in [0.5, 0.6) is 0 Å². The molecule has 0 amide bonds. The average molecular weight is 322 g/mol. The summed E-state index contributed by atoms with van der Waals surface area (Å²) in [7, 11) is -3.87. The van der Waals surface area contributed by atoms with E-state index in [-0.39, 0.29) is 28.9 Å². The van der Waals surface area contributed by atoms with Gasteiger partial charge in [0.1, 0.15) is 4.90 Å². The molecule has 0 radical (unpaired) electrons. The van der Waals surface area contributed by atoms with Crippen molar-refractivity contribution in [2.75, 3.05) is 13.1 Å². The Morgan fingerprint density at radius 2 is 2.00 bits per heavy atom. The van der Waals surface area contributed by atoms with Crippen molar-refractivity contribution in [3.63, 3.8) is 0 Å². The van der Waals surface area contributed by atoms with E-state index in [4.69, 9.17) is 11.6 Å². The van der Waals surface area contributed by atoms with Gasteiger partial charge >= 0.3 is 0 Å². The monoisotopic (exact) mass is 321 g/mol. The Morgan fingerprint density at radius 1 is 1.40 bits per heavy atom. The molecule has 112 valence electrons. The lowest BCUT2D eigenvalue weighted by atomic mass is 9.93. The van der Waals surface area contributed by atoms with Crippen molar-refractivity contribution in [2.45, 2.75) is 30.8 Å². The molecule has 1 atom stereocenters. The number of aliphatic hydroxyl groups excluding tert-OH is 1. The zero-order chi connectivity index (χ0) is 14.9. The van der Waals surface area contributed by atoms with Crippen LogP contribution in [0.15, 0.2) is 23.1 Å². The Hall–Kier alpha value is -0.690. The minimum absolute atomic E-state index is 0.0886. The van der Waals surface area contributed by atoms with E-state index in [1.807, 2.05) is 0 Å². The Labute approximate surface area is 123 Å². The van der Waals surface area contributed by atoms with Gasteiger partial charge in [0.15, 0.2) is 5.82 Å². The third-order valence-electron chi connectivity index (χ3n) is 3.71. The predicted octanol–water partition coefficient (Wildman–Crippen LogP) is 2.26. The quantitative estimate of drug-likeness (QED) is 0.929. The molecule has 1 N–H and O–H groups in total. The Morgan fingerprint density at radius 3 is 2.55 bits per heavy atom. The molecule has 1 aliphatic rings. The highest BCUT2D eigenvalue weighted by Gasteiger charge is 2.32. The van der Waals surface area contributed by atoms with Crippen LogP contribution in [0.25, 0.3) is 0 Å². The lowest BCUT2D eigenvalue weighted by Crippen LogP contribution is -2.40. The fourth-order valence-corrected chi connectivity index (χ4v) is 4.21. The second-order valence-corrected chi connectivity index (χ2v) is 7.35. The number of halogens is 2. The lowest BCUT2D eigenvalue weighted by molar-refractivity contribution is 0.0911. The Balaban J connectivity index is 2.22. The van der Waals surface area contributed by atoms with E-state index < -0.39 is 21.9 Å². The first-order chi connectivity index (χ1) is 9.34. The van der Waals surface area contributed by atoms with Gasteiger partial charge in [0, 0.05) is 13.1 Å². The molecule has 1 aliphatic heterocycles. The molecule has 0 aliphatic carbocycles. The highest BCUT2D eigenvalue weighted by molar-refractivity contribution is 7.89. The van der Waals surface area contributed by atoms with Gasteiger partial charge in [-0.1, -0.05) is 17.7 Å². The second kappa shape index (κ2) is 5.97. The highest BCUT2D eigenvalue weighted by atomic mass is 35.5. The van der Waals surface area contributed by atoms with Crippen LogP contribution < -0.4 is 0 Å². The SMILES string of the molecule is CC(O)C1CCN(S(=O)(=O)c2cccc(Cl)c2F)CC1. The van der Waals surface area contributed by atoms with Crippen LogP contribution in [-0.2, 0) is 10.0 Å². The summed E-state index contributed by atoms with van der Waals surface area (Å²) in [4.78, 5) is -0.388. The molecule has 0 aromatic heterocycles. The summed E-state index contributed by atoms with van der Waals surface area (Å²) in [6.45, 7) is 2.26. The van der Waals surface area contributed by atoms with Crippen LogP contribution in [-0.4, -0.2) is 37.0 Å². The molecule has 1 unspecified atom stereocenters. The third-order valence-corrected chi connectivity index (χ3v) is 5.92. The number of rotatable bonds is 3. The number of hydrogen-bond acceptors (Lipinski definition) is 3. The molecule has 1 fully saturated rings. The van der Waals surface area contributed by atoms with Gasteiger partial charge in [0.25, 0.3) is 0 Å². The van der Waals surface area contributed by atoms with Gasteiger partial charge in [-0.05, 0) is 37.8 Å². The smallest absolute Gasteiger partial charge is 0.246 e.